The maximum atomic E-state index is 11.9. The van der Waals surface area contributed by atoms with Gasteiger partial charge in [-0.25, -0.2) is 4.79 Å². The normalized spacial score (nSPS) is 10.5. The summed E-state index contributed by atoms with van der Waals surface area (Å²) in [4.78, 5) is 23.4. The van der Waals surface area contributed by atoms with Gasteiger partial charge in [0.25, 0.3) is 0 Å². The van der Waals surface area contributed by atoms with Crippen LogP contribution in [0.2, 0.25) is 0 Å². The number of carbonyl (C=O) groups excluding carboxylic acids is 2. The fourth-order valence-electron chi connectivity index (χ4n) is 2.19. The van der Waals surface area contributed by atoms with Gasteiger partial charge in [-0.2, -0.15) is 0 Å². The van der Waals surface area contributed by atoms with E-state index in [9.17, 15) is 9.59 Å². The Morgan fingerprint density at radius 3 is 2.32 bits per heavy atom. The first-order valence-electron chi connectivity index (χ1n) is 7.70. The lowest BCUT2D eigenvalue weighted by molar-refractivity contribution is -0.138. The predicted molar refractivity (Wildman–Crippen MR) is 94.8 cm³/mol. The molecule has 0 aliphatic rings. The van der Waals surface area contributed by atoms with Crippen molar-refractivity contribution < 1.29 is 23.8 Å². The van der Waals surface area contributed by atoms with E-state index in [-0.39, 0.29) is 12.4 Å². The summed E-state index contributed by atoms with van der Waals surface area (Å²) in [6.45, 7) is 1.51. The minimum absolute atomic E-state index is 0.0239. The van der Waals surface area contributed by atoms with Crippen LogP contribution in [0.25, 0.3) is 6.08 Å². The highest BCUT2D eigenvalue weighted by molar-refractivity contribution is 5.94. The van der Waals surface area contributed by atoms with Crippen molar-refractivity contribution in [2.24, 2.45) is 0 Å². The van der Waals surface area contributed by atoms with Gasteiger partial charge in [0, 0.05) is 17.2 Å². The molecule has 25 heavy (non-hydrogen) atoms. The van der Waals surface area contributed by atoms with Gasteiger partial charge in [-0.1, -0.05) is 12.1 Å². The lowest BCUT2D eigenvalue weighted by Crippen LogP contribution is -2.04. The number of carbonyl (C=O) groups is 2. The molecular weight excluding hydrogens is 320 g/mol. The highest BCUT2D eigenvalue weighted by Gasteiger charge is 2.09. The van der Waals surface area contributed by atoms with Crippen molar-refractivity contribution in [3.63, 3.8) is 0 Å². The molecule has 2 aromatic carbocycles. The van der Waals surface area contributed by atoms with E-state index in [1.165, 1.54) is 20.1 Å². The van der Waals surface area contributed by atoms with Gasteiger partial charge in [0.2, 0.25) is 0 Å². The molecule has 0 amide bonds. The zero-order valence-corrected chi connectivity index (χ0v) is 14.4. The fraction of sp³-hybridized carbons (Fsp3) is 0.200. The molecule has 0 radical (unpaired) electrons. The van der Waals surface area contributed by atoms with Gasteiger partial charge in [0.05, 0.1) is 14.2 Å². The van der Waals surface area contributed by atoms with Gasteiger partial charge >= 0.3 is 5.97 Å². The van der Waals surface area contributed by atoms with E-state index < -0.39 is 5.97 Å². The predicted octanol–water partition coefficient (Wildman–Crippen LogP) is 3.66. The van der Waals surface area contributed by atoms with Crippen LogP contribution in [0, 0.1) is 0 Å². The minimum atomic E-state index is -0.480. The standard InChI is InChI=1S/C20H20O5/c1-14(21)16-7-10-19(24-3)17(12-16)13-25-20(22)11-6-15-4-8-18(23-2)9-5-15/h4-12H,13H2,1-3H3/b11-6+. The maximum Gasteiger partial charge on any atom is 0.331 e. The SMILES string of the molecule is COc1ccc(/C=C/C(=O)OCc2cc(C(C)=O)ccc2OC)cc1. The van der Waals surface area contributed by atoms with E-state index >= 15 is 0 Å². The Balaban J connectivity index is 2.00. The molecule has 2 rings (SSSR count). The molecule has 0 fully saturated rings. The summed E-state index contributed by atoms with van der Waals surface area (Å²) in [5, 5.41) is 0. The van der Waals surface area contributed by atoms with Gasteiger partial charge in [-0.3, -0.25) is 4.79 Å². The Kier molecular flexibility index (Phi) is 6.34. The number of methoxy groups -OCH3 is 2. The molecule has 0 heterocycles. The Morgan fingerprint density at radius 2 is 1.72 bits per heavy atom. The molecule has 0 spiro atoms. The number of esters is 1. The first-order valence-corrected chi connectivity index (χ1v) is 7.70. The first-order chi connectivity index (χ1) is 12.0. The van der Waals surface area contributed by atoms with Crippen molar-refractivity contribution in [2.45, 2.75) is 13.5 Å². The monoisotopic (exact) mass is 340 g/mol. The lowest BCUT2D eigenvalue weighted by atomic mass is 10.1. The van der Waals surface area contributed by atoms with Crippen LogP contribution in [0.4, 0.5) is 0 Å². The summed E-state index contributed by atoms with van der Waals surface area (Å²) in [5.41, 5.74) is 2.04. The maximum absolute atomic E-state index is 11.9. The molecule has 0 atom stereocenters. The van der Waals surface area contributed by atoms with Crippen LogP contribution >= 0.6 is 0 Å². The van der Waals surface area contributed by atoms with Crippen LogP contribution in [-0.2, 0) is 16.1 Å². The number of hydrogen-bond acceptors (Lipinski definition) is 5. The van der Waals surface area contributed by atoms with Crippen molar-refractivity contribution in [3.8, 4) is 11.5 Å². The molecular formula is C20H20O5. The molecule has 0 N–H and O–H groups in total. The Labute approximate surface area is 146 Å². The number of hydrogen-bond donors (Lipinski definition) is 0. The molecule has 0 saturated carbocycles. The summed E-state index contributed by atoms with van der Waals surface area (Å²) in [5.74, 6) is 0.773. The lowest BCUT2D eigenvalue weighted by Gasteiger charge is -2.09. The molecule has 0 aliphatic heterocycles. The van der Waals surface area contributed by atoms with Gasteiger partial charge < -0.3 is 14.2 Å². The third-order valence-electron chi connectivity index (χ3n) is 3.58. The van der Waals surface area contributed by atoms with Crippen LogP contribution in [-0.4, -0.2) is 26.0 Å². The van der Waals surface area contributed by atoms with E-state index in [4.69, 9.17) is 14.2 Å². The fourth-order valence-corrected chi connectivity index (χ4v) is 2.19. The largest absolute Gasteiger partial charge is 0.497 e. The number of benzene rings is 2. The summed E-state index contributed by atoms with van der Waals surface area (Å²) in [7, 11) is 3.12. The molecule has 130 valence electrons. The molecule has 0 unspecified atom stereocenters. The smallest absolute Gasteiger partial charge is 0.331 e. The zero-order chi connectivity index (χ0) is 18.2. The van der Waals surface area contributed by atoms with Crippen LogP contribution in [0.5, 0.6) is 11.5 Å². The molecule has 0 saturated heterocycles. The van der Waals surface area contributed by atoms with Gasteiger partial charge in [-0.15, -0.1) is 0 Å². The zero-order valence-electron chi connectivity index (χ0n) is 14.4. The molecule has 0 aliphatic carbocycles. The first kappa shape index (κ1) is 18.3. The summed E-state index contributed by atoms with van der Waals surface area (Å²) >= 11 is 0. The van der Waals surface area contributed by atoms with Gasteiger partial charge in [0.15, 0.2) is 5.78 Å². The van der Waals surface area contributed by atoms with E-state index in [1.54, 1.807) is 31.4 Å². The van der Waals surface area contributed by atoms with Crippen LogP contribution in [0.1, 0.15) is 28.4 Å². The highest BCUT2D eigenvalue weighted by Crippen LogP contribution is 2.21. The summed E-state index contributed by atoms with van der Waals surface area (Å²) in [6, 6.07) is 12.3. The van der Waals surface area contributed by atoms with Gasteiger partial charge in [0.1, 0.15) is 18.1 Å². The Hall–Kier alpha value is -3.08. The Bertz CT molecular complexity index is 775. The number of Topliss-reactive ketones (excluding diaryl/α,β-unsaturated/α-hetero) is 1. The van der Waals surface area contributed by atoms with E-state index in [2.05, 4.69) is 0 Å². The topological polar surface area (TPSA) is 61.8 Å². The average Bonchev–Trinajstić information content (AvgIpc) is 2.64. The second-order valence-corrected chi connectivity index (χ2v) is 5.30. The second kappa shape index (κ2) is 8.68. The highest BCUT2D eigenvalue weighted by atomic mass is 16.5. The third kappa shape index (κ3) is 5.21. The van der Waals surface area contributed by atoms with Gasteiger partial charge in [-0.05, 0) is 48.9 Å². The Morgan fingerprint density at radius 1 is 1.00 bits per heavy atom. The molecule has 0 aromatic heterocycles. The molecule has 0 bridgehead atoms. The van der Waals surface area contributed by atoms with Crippen LogP contribution < -0.4 is 9.47 Å². The summed E-state index contributed by atoms with van der Waals surface area (Å²) < 4.78 is 15.5. The number of ketones is 1. The van der Waals surface area contributed by atoms with Crippen molar-refractivity contribution in [2.75, 3.05) is 14.2 Å². The van der Waals surface area contributed by atoms with E-state index in [1.807, 2.05) is 24.3 Å². The van der Waals surface area contributed by atoms with E-state index in [0.29, 0.717) is 16.9 Å². The van der Waals surface area contributed by atoms with Crippen LogP contribution in [0.15, 0.2) is 48.5 Å². The van der Waals surface area contributed by atoms with Crippen molar-refractivity contribution in [3.05, 3.63) is 65.2 Å². The third-order valence-corrected chi connectivity index (χ3v) is 3.58. The molecule has 5 nitrogen and oxygen atoms in total. The number of rotatable bonds is 7. The van der Waals surface area contributed by atoms with Crippen molar-refractivity contribution in [1.29, 1.82) is 0 Å². The van der Waals surface area contributed by atoms with Crippen LogP contribution in [0.3, 0.4) is 0 Å². The summed E-state index contributed by atoms with van der Waals surface area (Å²) in [6.07, 6.45) is 3.01. The van der Waals surface area contributed by atoms with Crippen molar-refractivity contribution in [1.82, 2.24) is 0 Å². The van der Waals surface area contributed by atoms with E-state index in [0.717, 1.165) is 11.3 Å². The molecule has 5 heteroatoms. The minimum Gasteiger partial charge on any atom is -0.497 e. The molecule has 2 aromatic rings. The average molecular weight is 340 g/mol. The number of ether oxygens (including phenoxy) is 3. The second-order valence-electron chi connectivity index (χ2n) is 5.30. The quantitative estimate of drug-likeness (QED) is 0.437. The van der Waals surface area contributed by atoms with Crippen molar-refractivity contribution >= 4 is 17.8 Å².